The lowest BCUT2D eigenvalue weighted by atomic mass is 10.1. The molecule has 1 saturated heterocycles. The van der Waals surface area contributed by atoms with E-state index in [2.05, 4.69) is 15.5 Å². The summed E-state index contributed by atoms with van der Waals surface area (Å²) in [6.07, 6.45) is 0.407. The summed E-state index contributed by atoms with van der Waals surface area (Å²) in [6.45, 7) is 10.1. The smallest absolute Gasteiger partial charge is 0.407 e. The van der Waals surface area contributed by atoms with Gasteiger partial charge in [-0.3, -0.25) is 0 Å². The molecule has 0 saturated carbocycles. The maximum absolute atomic E-state index is 12.0. The third-order valence-corrected chi connectivity index (χ3v) is 4.63. The van der Waals surface area contributed by atoms with Gasteiger partial charge in [0.2, 0.25) is 0 Å². The van der Waals surface area contributed by atoms with E-state index in [4.69, 9.17) is 19.2 Å². The Hall–Kier alpha value is -2.97. The number of benzene rings is 1. The Balaban J connectivity index is 2.04. The summed E-state index contributed by atoms with van der Waals surface area (Å²) in [6, 6.07) is 5.30. The van der Waals surface area contributed by atoms with E-state index in [1.54, 1.807) is 12.1 Å². The standard InChI is InChI=1S/C22H34N4O5/c1-7-23-20(26-11-10-16(14-26)25-21(28)31-22(2,3)4)24-13-15-8-9-17(19(27)30-6)18(12-15)29-5/h8-9,12,16H,7,10-11,13-14H2,1-6H3,(H,23,24)(H,25,28)/t16-/m1/s1. The Morgan fingerprint density at radius 2 is 2.00 bits per heavy atom. The molecule has 0 aromatic heterocycles. The second kappa shape index (κ2) is 10.9. The summed E-state index contributed by atoms with van der Waals surface area (Å²) >= 11 is 0. The molecular weight excluding hydrogens is 400 g/mol. The van der Waals surface area contributed by atoms with Crippen molar-refractivity contribution >= 4 is 18.0 Å². The normalized spacial score (nSPS) is 16.6. The summed E-state index contributed by atoms with van der Waals surface area (Å²) in [5.41, 5.74) is 0.756. The van der Waals surface area contributed by atoms with Crippen molar-refractivity contribution in [1.29, 1.82) is 0 Å². The third kappa shape index (κ3) is 7.34. The molecule has 1 aliphatic rings. The van der Waals surface area contributed by atoms with E-state index in [1.807, 2.05) is 33.8 Å². The first-order valence-electron chi connectivity index (χ1n) is 10.4. The first-order valence-corrected chi connectivity index (χ1v) is 10.4. The van der Waals surface area contributed by atoms with Crippen LogP contribution in [0.25, 0.3) is 0 Å². The van der Waals surface area contributed by atoms with Gasteiger partial charge < -0.3 is 29.7 Å². The molecule has 9 nitrogen and oxygen atoms in total. The second-order valence-electron chi connectivity index (χ2n) is 8.27. The minimum absolute atomic E-state index is 0.00172. The highest BCUT2D eigenvalue weighted by Crippen LogP contribution is 2.22. The fourth-order valence-electron chi connectivity index (χ4n) is 3.25. The number of aliphatic imine (C=N–C) groups is 1. The molecule has 1 heterocycles. The Morgan fingerprint density at radius 1 is 1.26 bits per heavy atom. The number of amides is 1. The van der Waals surface area contributed by atoms with Crippen LogP contribution >= 0.6 is 0 Å². The topological polar surface area (TPSA) is 101 Å². The van der Waals surface area contributed by atoms with Crippen molar-refractivity contribution in [2.45, 2.75) is 52.3 Å². The number of carbonyl (C=O) groups excluding carboxylic acids is 2. The van der Waals surface area contributed by atoms with Crippen LogP contribution in [0.5, 0.6) is 5.75 Å². The van der Waals surface area contributed by atoms with Crippen molar-refractivity contribution in [3.05, 3.63) is 29.3 Å². The van der Waals surface area contributed by atoms with Crippen molar-refractivity contribution < 1.29 is 23.8 Å². The molecule has 31 heavy (non-hydrogen) atoms. The summed E-state index contributed by atoms with van der Waals surface area (Å²) in [5.74, 6) is 0.778. The van der Waals surface area contributed by atoms with Crippen LogP contribution in [0.2, 0.25) is 0 Å². The average Bonchev–Trinajstić information content (AvgIpc) is 3.16. The highest BCUT2D eigenvalue weighted by Gasteiger charge is 2.27. The maximum atomic E-state index is 12.0. The molecular formula is C22H34N4O5. The molecule has 0 spiro atoms. The molecule has 0 aliphatic carbocycles. The number of esters is 1. The van der Waals surface area contributed by atoms with Crippen molar-refractivity contribution in [3.8, 4) is 5.75 Å². The second-order valence-corrected chi connectivity index (χ2v) is 8.27. The predicted octanol–water partition coefficient (Wildman–Crippen LogP) is 2.55. The molecule has 2 N–H and O–H groups in total. The van der Waals surface area contributed by atoms with Crippen LogP contribution in [-0.2, 0) is 16.0 Å². The minimum atomic E-state index is -0.525. The Morgan fingerprint density at radius 3 is 2.61 bits per heavy atom. The first-order chi connectivity index (χ1) is 14.7. The first kappa shape index (κ1) is 24.3. The molecule has 1 fully saturated rings. The van der Waals surface area contributed by atoms with E-state index >= 15 is 0 Å². The number of likely N-dealkylation sites (tertiary alicyclic amines) is 1. The van der Waals surface area contributed by atoms with Crippen molar-refractivity contribution in [2.24, 2.45) is 4.99 Å². The van der Waals surface area contributed by atoms with Gasteiger partial charge >= 0.3 is 12.1 Å². The molecule has 1 aromatic rings. The largest absolute Gasteiger partial charge is 0.496 e. The van der Waals surface area contributed by atoms with Gasteiger partial charge in [0.1, 0.15) is 16.9 Å². The number of carbonyl (C=O) groups is 2. The Kier molecular flexibility index (Phi) is 8.53. The Labute approximate surface area is 184 Å². The summed E-state index contributed by atoms with van der Waals surface area (Å²) < 4.78 is 15.4. The third-order valence-electron chi connectivity index (χ3n) is 4.63. The van der Waals surface area contributed by atoms with Crippen LogP contribution in [0.15, 0.2) is 23.2 Å². The van der Waals surface area contributed by atoms with Gasteiger partial charge in [0.15, 0.2) is 5.96 Å². The highest BCUT2D eigenvalue weighted by molar-refractivity contribution is 5.92. The fraction of sp³-hybridized carbons (Fsp3) is 0.591. The van der Waals surface area contributed by atoms with E-state index in [1.165, 1.54) is 14.2 Å². The van der Waals surface area contributed by atoms with Crippen LogP contribution in [0.4, 0.5) is 4.79 Å². The van der Waals surface area contributed by atoms with Gasteiger partial charge in [0.25, 0.3) is 0 Å². The molecule has 0 bridgehead atoms. The number of hydrogen-bond donors (Lipinski definition) is 2. The van der Waals surface area contributed by atoms with Crippen molar-refractivity contribution in [3.63, 3.8) is 0 Å². The van der Waals surface area contributed by atoms with Gasteiger partial charge in [-0.05, 0) is 51.8 Å². The molecule has 1 aromatic carbocycles. The van der Waals surface area contributed by atoms with Gasteiger partial charge in [0.05, 0.1) is 26.8 Å². The summed E-state index contributed by atoms with van der Waals surface area (Å²) in [4.78, 5) is 30.7. The SMILES string of the molecule is CCNC(=NCc1ccc(C(=O)OC)c(OC)c1)N1CC[C@@H](NC(=O)OC(C)(C)C)C1. The molecule has 172 valence electrons. The van der Waals surface area contributed by atoms with Gasteiger partial charge in [0, 0.05) is 19.6 Å². The lowest BCUT2D eigenvalue weighted by Gasteiger charge is -2.23. The van der Waals surface area contributed by atoms with E-state index in [0.717, 1.165) is 31.0 Å². The minimum Gasteiger partial charge on any atom is -0.496 e. The fourth-order valence-corrected chi connectivity index (χ4v) is 3.25. The van der Waals surface area contributed by atoms with E-state index in [9.17, 15) is 9.59 Å². The number of nitrogens with one attached hydrogen (secondary N) is 2. The zero-order chi connectivity index (χ0) is 23.0. The van der Waals surface area contributed by atoms with Gasteiger partial charge in [-0.1, -0.05) is 6.07 Å². The molecule has 9 heteroatoms. The van der Waals surface area contributed by atoms with Crippen LogP contribution in [0, 0.1) is 0 Å². The van der Waals surface area contributed by atoms with Crippen molar-refractivity contribution in [2.75, 3.05) is 33.9 Å². The zero-order valence-electron chi connectivity index (χ0n) is 19.3. The Bertz CT molecular complexity index is 804. The molecule has 1 amide bonds. The van der Waals surface area contributed by atoms with E-state index < -0.39 is 17.7 Å². The number of ether oxygens (including phenoxy) is 3. The van der Waals surface area contributed by atoms with Gasteiger partial charge in [-0.2, -0.15) is 0 Å². The maximum Gasteiger partial charge on any atom is 0.407 e. The number of guanidine groups is 1. The number of rotatable bonds is 6. The van der Waals surface area contributed by atoms with E-state index in [-0.39, 0.29) is 6.04 Å². The molecule has 2 rings (SSSR count). The monoisotopic (exact) mass is 434 g/mol. The van der Waals surface area contributed by atoms with Gasteiger partial charge in [-0.15, -0.1) is 0 Å². The average molecular weight is 435 g/mol. The molecule has 1 aliphatic heterocycles. The van der Waals surface area contributed by atoms with Crippen LogP contribution in [0.1, 0.15) is 50.0 Å². The van der Waals surface area contributed by atoms with Crippen LogP contribution in [0.3, 0.4) is 0 Å². The van der Waals surface area contributed by atoms with Crippen molar-refractivity contribution in [1.82, 2.24) is 15.5 Å². The zero-order valence-corrected chi connectivity index (χ0v) is 19.3. The van der Waals surface area contributed by atoms with Gasteiger partial charge in [-0.25, -0.2) is 14.6 Å². The predicted molar refractivity (Wildman–Crippen MR) is 118 cm³/mol. The van der Waals surface area contributed by atoms with E-state index in [0.29, 0.717) is 24.4 Å². The molecule has 1 atom stereocenters. The number of alkyl carbamates (subject to hydrolysis) is 1. The van der Waals surface area contributed by atoms with Crippen LogP contribution in [-0.4, -0.2) is 68.4 Å². The molecule has 0 radical (unpaired) electrons. The number of nitrogens with zero attached hydrogens (tertiary/aromatic N) is 2. The number of methoxy groups -OCH3 is 2. The summed E-state index contributed by atoms with van der Waals surface area (Å²) in [5, 5.41) is 6.23. The lowest BCUT2D eigenvalue weighted by Crippen LogP contribution is -2.44. The lowest BCUT2D eigenvalue weighted by molar-refractivity contribution is 0.0506. The highest BCUT2D eigenvalue weighted by atomic mass is 16.6. The number of hydrogen-bond acceptors (Lipinski definition) is 6. The van der Waals surface area contributed by atoms with Crippen LogP contribution < -0.4 is 15.4 Å². The summed E-state index contributed by atoms with van der Waals surface area (Å²) in [7, 11) is 2.85. The quantitative estimate of drug-likeness (QED) is 0.403. The molecule has 0 unspecified atom stereocenters.